The minimum atomic E-state index is -0.897. The fraction of sp³-hybridized carbons (Fsp3) is 0.857. The van der Waals surface area contributed by atoms with Crippen molar-refractivity contribution in [3.05, 3.63) is 0 Å². The molecule has 20 heavy (non-hydrogen) atoms. The van der Waals surface area contributed by atoms with Crippen molar-refractivity contribution in [1.82, 2.24) is 4.90 Å². The Labute approximate surface area is 118 Å². The van der Waals surface area contributed by atoms with E-state index < -0.39 is 23.2 Å². The molecule has 1 unspecified atom stereocenters. The van der Waals surface area contributed by atoms with E-state index in [1.165, 1.54) is 0 Å². The number of unbranched alkanes of at least 4 members (excludes halogenated alkanes) is 1. The van der Waals surface area contributed by atoms with Gasteiger partial charge >= 0.3 is 6.09 Å². The fourth-order valence-electron chi connectivity index (χ4n) is 3.61. The van der Waals surface area contributed by atoms with E-state index in [0.717, 1.165) is 17.7 Å². The number of rotatable bonds is 3. The maximum Gasteiger partial charge on any atom is 0.419 e. The molecule has 112 valence electrons. The van der Waals surface area contributed by atoms with Crippen molar-refractivity contribution >= 4 is 12.0 Å². The summed E-state index contributed by atoms with van der Waals surface area (Å²) in [4.78, 5) is 25.9. The third-order valence-corrected chi connectivity index (χ3v) is 4.26. The average Bonchev–Trinajstić information content (AvgIpc) is 2.71. The van der Waals surface area contributed by atoms with Crippen molar-refractivity contribution in [2.45, 2.75) is 70.0 Å². The smallest absolute Gasteiger partial charge is 0.419 e. The summed E-state index contributed by atoms with van der Waals surface area (Å²) >= 11 is 0. The summed E-state index contributed by atoms with van der Waals surface area (Å²) in [7, 11) is 0. The minimum absolute atomic E-state index is 0.309. The van der Waals surface area contributed by atoms with Crippen LogP contribution < -0.4 is 0 Å². The lowest BCUT2D eigenvalue weighted by Crippen LogP contribution is -2.54. The number of carbonyl (C=O) groups excluding carboxylic acids is 2. The number of hydrogen-bond donors (Lipinski definition) is 0. The highest BCUT2D eigenvalue weighted by Gasteiger charge is 2.74. The molecule has 0 aromatic rings. The van der Waals surface area contributed by atoms with Crippen molar-refractivity contribution in [3.63, 3.8) is 0 Å². The molecule has 0 spiro atoms. The molecule has 6 heteroatoms. The Balaban J connectivity index is 1.84. The molecule has 3 rings (SSSR count). The lowest BCUT2D eigenvalue weighted by molar-refractivity contribution is -0.327. The number of imide groups is 1. The van der Waals surface area contributed by atoms with Gasteiger partial charge in [0.1, 0.15) is 0 Å². The van der Waals surface area contributed by atoms with Gasteiger partial charge in [0.25, 0.3) is 5.91 Å². The normalized spacial score (nSPS) is 37.4. The Kier molecular flexibility index (Phi) is 2.89. The van der Waals surface area contributed by atoms with Gasteiger partial charge in [-0.1, -0.05) is 13.3 Å². The zero-order valence-electron chi connectivity index (χ0n) is 12.2. The van der Waals surface area contributed by atoms with Crippen LogP contribution in [0.5, 0.6) is 0 Å². The summed E-state index contributed by atoms with van der Waals surface area (Å²) in [6.07, 6.45) is 2.76. The molecular weight excluding hydrogens is 262 g/mol. The molecule has 0 aromatic carbocycles. The molecule has 6 nitrogen and oxygen atoms in total. The number of hydrogen-bond acceptors (Lipinski definition) is 5. The monoisotopic (exact) mass is 283 g/mol. The molecule has 2 atom stereocenters. The first kappa shape index (κ1) is 13.8. The highest BCUT2D eigenvalue weighted by molar-refractivity contribution is 6.01. The number of likely N-dealkylation sites (tertiary alicyclic amines) is 1. The van der Waals surface area contributed by atoms with E-state index in [4.69, 9.17) is 14.2 Å². The van der Waals surface area contributed by atoms with Gasteiger partial charge in [-0.2, -0.15) is 0 Å². The number of carbonyl (C=O) groups is 2. The Morgan fingerprint density at radius 1 is 1.35 bits per heavy atom. The van der Waals surface area contributed by atoms with Gasteiger partial charge in [-0.15, -0.1) is 0 Å². The quantitative estimate of drug-likeness (QED) is 0.743. The third kappa shape index (κ3) is 1.78. The minimum Gasteiger partial charge on any atom is -0.449 e. The van der Waals surface area contributed by atoms with Crippen LogP contribution in [0.3, 0.4) is 0 Å². The zero-order chi connectivity index (χ0) is 14.6. The predicted molar refractivity (Wildman–Crippen MR) is 68.7 cm³/mol. The van der Waals surface area contributed by atoms with Crippen molar-refractivity contribution in [2.75, 3.05) is 6.61 Å². The molecule has 0 radical (unpaired) electrons. The summed E-state index contributed by atoms with van der Waals surface area (Å²) < 4.78 is 17.0. The second kappa shape index (κ2) is 4.18. The van der Waals surface area contributed by atoms with Crippen molar-refractivity contribution in [2.24, 2.45) is 0 Å². The van der Waals surface area contributed by atoms with Gasteiger partial charge in [-0.25, -0.2) is 9.69 Å². The van der Waals surface area contributed by atoms with Gasteiger partial charge in [0.05, 0.1) is 6.61 Å². The molecule has 3 aliphatic rings. The van der Waals surface area contributed by atoms with Gasteiger partial charge in [-0.05, 0) is 33.1 Å². The van der Waals surface area contributed by atoms with E-state index in [0.29, 0.717) is 25.9 Å². The molecular formula is C14H21NO5. The molecule has 3 fully saturated rings. The fourth-order valence-corrected chi connectivity index (χ4v) is 3.61. The summed E-state index contributed by atoms with van der Waals surface area (Å²) in [5.74, 6) is -1.17. The van der Waals surface area contributed by atoms with Crippen LogP contribution in [-0.4, -0.2) is 40.6 Å². The lowest BCUT2D eigenvalue weighted by Gasteiger charge is -2.41. The summed E-state index contributed by atoms with van der Waals surface area (Å²) in [6.45, 7) is 5.90. The molecule has 2 heterocycles. The van der Waals surface area contributed by atoms with Crippen LogP contribution in [0, 0.1) is 0 Å². The van der Waals surface area contributed by atoms with Gasteiger partial charge in [0.15, 0.2) is 17.1 Å². The number of ether oxygens (including phenoxy) is 3. The van der Waals surface area contributed by atoms with Crippen LogP contribution in [0.15, 0.2) is 0 Å². The molecule has 0 aromatic heterocycles. The second-order valence-electron chi connectivity index (χ2n) is 6.33. The first-order valence-electron chi connectivity index (χ1n) is 7.26. The molecule has 2 saturated heterocycles. The maximum atomic E-state index is 12.5. The summed E-state index contributed by atoms with van der Waals surface area (Å²) in [5.41, 5.74) is -1.77. The highest BCUT2D eigenvalue weighted by Crippen LogP contribution is 2.59. The van der Waals surface area contributed by atoms with Gasteiger partial charge in [0, 0.05) is 6.42 Å². The van der Waals surface area contributed by atoms with Crippen LogP contribution >= 0.6 is 0 Å². The van der Waals surface area contributed by atoms with E-state index in [2.05, 4.69) is 0 Å². The molecule has 1 saturated carbocycles. The van der Waals surface area contributed by atoms with E-state index in [9.17, 15) is 9.59 Å². The molecule has 2 bridgehead atoms. The van der Waals surface area contributed by atoms with Gasteiger partial charge in [0.2, 0.25) is 0 Å². The largest absolute Gasteiger partial charge is 0.449 e. The standard InChI is InChI=1S/C14H21NO5/c1-4-5-8-18-11(17)15-10(16)13-6-7-14(15,9-13)20-12(2,3)19-13/h4-9H2,1-3H3/t13?,14-/m1/s1. The van der Waals surface area contributed by atoms with Gasteiger partial charge in [-0.3, -0.25) is 4.79 Å². The highest BCUT2D eigenvalue weighted by atomic mass is 16.8. The average molecular weight is 283 g/mol. The van der Waals surface area contributed by atoms with Crippen LogP contribution in [0.25, 0.3) is 0 Å². The lowest BCUT2D eigenvalue weighted by atomic mass is 10.0. The van der Waals surface area contributed by atoms with Gasteiger partial charge < -0.3 is 14.2 Å². The zero-order valence-corrected chi connectivity index (χ0v) is 12.2. The number of nitrogens with zero attached hydrogens (tertiary/aromatic N) is 1. The number of amides is 2. The molecule has 0 N–H and O–H groups in total. The predicted octanol–water partition coefficient (Wildman–Crippen LogP) is 2.17. The summed E-state index contributed by atoms with van der Waals surface area (Å²) in [5, 5.41) is 0. The van der Waals surface area contributed by atoms with E-state index in [1.54, 1.807) is 13.8 Å². The maximum absolute atomic E-state index is 12.5. The Bertz CT molecular complexity index is 462. The van der Waals surface area contributed by atoms with E-state index >= 15 is 0 Å². The summed E-state index contributed by atoms with van der Waals surface area (Å²) in [6, 6.07) is 0. The third-order valence-electron chi connectivity index (χ3n) is 4.26. The molecule has 2 amide bonds. The van der Waals surface area contributed by atoms with Crippen molar-refractivity contribution in [3.8, 4) is 0 Å². The van der Waals surface area contributed by atoms with E-state index in [-0.39, 0.29) is 5.91 Å². The molecule has 2 aliphatic heterocycles. The van der Waals surface area contributed by atoms with Crippen LogP contribution in [0.4, 0.5) is 4.79 Å². The topological polar surface area (TPSA) is 65.1 Å². The van der Waals surface area contributed by atoms with E-state index in [1.807, 2.05) is 6.92 Å². The van der Waals surface area contributed by atoms with Crippen LogP contribution in [0.2, 0.25) is 0 Å². The first-order chi connectivity index (χ1) is 9.34. The Morgan fingerprint density at radius 2 is 2.10 bits per heavy atom. The Morgan fingerprint density at radius 3 is 2.80 bits per heavy atom. The molecule has 1 aliphatic carbocycles. The Hall–Kier alpha value is -1.14. The van der Waals surface area contributed by atoms with Crippen molar-refractivity contribution in [1.29, 1.82) is 0 Å². The first-order valence-corrected chi connectivity index (χ1v) is 7.26. The SMILES string of the molecule is CCCCOC(=O)N1C(=O)C23CC[C@]1(C2)OC(C)(C)O3. The van der Waals surface area contributed by atoms with Crippen molar-refractivity contribution < 1.29 is 23.8 Å². The number of piperidine rings is 1. The van der Waals surface area contributed by atoms with Crippen LogP contribution in [-0.2, 0) is 19.0 Å². The second-order valence-corrected chi connectivity index (χ2v) is 6.33. The van der Waals surface area contributed by atoms with Crippen LogP contribution in [0.1, 0.15) is 52.9 Å².